The third-order valence-electron chi connectivity index (χ3n) is 2.64. The molecule has 0 aliphatic heterocycles. The molecule has 0 saturated heterocycles. The highest BCUT2D eigenvalue weighted by Gasteiger charge is 2.07. The van der Waals surface area contributed by atoms with Gasteiger partial charge in [-0.15, -0.1) is 0 Å². The van der Waals surface area contributed by atoms with E-state index in [0.29, 0.717) is 5.92 Å². The van der Waals surface area contributed by atoms with E-state index < -0.39 is 0 Å². The normalized spacial score (nSPS) is 12.5. The summed E-state index contributed by atoms with van der Waals surface area (Å²) in [6.45, 7) is 4.00. The fourth-order valence-corrected chi connectivity index (χ4v) is 1.55. The van der Waals surface area contributed by atoms with E-state index in [9.17, 15) is 0 Å². The molecule has 2 heteroatoms. The number of nitrogens with two attached hydrogens (primary N) is 1. The summed E-state index contributed by atoms with van der Waals surface area (Å²) in [5, 5.41) is 0. The van der Waals surface area contributed by atoms with E-state index in [0.717, 1.165) is 19.5 Å². The molecule has 1 aromatic carbocycles. The number of hydrogen-bond acceptors (Lipinski definition) is 2. The molecule has 0 saturated carbocycles. The van der Waals surface area contributed by atoms with E-state index in [1.807, 2.05) is 6.07 Å². The molecule has 0 spiro atoms. The Morgan fingerprint density at radius 1 is 1.29 bits per heavy atom. The van der Waals surface area contributed by atoms with Gasteiger partial charge in [-0.05, 0) is 24.6 Å². The lowest BCUT2D eigenvalue weighted by Crippen LogP contribution is -2.29. The summed E-state index contributed by atoms with van der Waals surface area (Å²) in [6, 6.07) is 10.4. The number of nitrogens with zero attached hydrogens (tertiary/aromatic N) is 1. The number of para-hydroxylation sites is 1. The van der Waals surface area contributed by atoms with Gasteiger partial charge in [0.05, 0.1) is 0 Å². The van der Waals surface area contributed by atoms with Crippen molar-refractivity contribution in [2.45, 2.75) is 13.3 Å². The standard InChI is InChI=1S/C12H20N2/c1-3-11(9-13)10-14(2)12-7-5-4-6-8-12/h4-8,11H,3,9-10,13H2,1-2H3. The molecule has 14 heavy (non-hydrogen) atoms. The zero-order valence-corrected chi connectivity index (χ0v) is 9.11. The van der Waals surface area contributed by atoms with Crippen molar-refractivity contribution >= 4 is 5.69 Å². The van der Waals surface area contributed by atoms with Crippen molar-refractivity contribution in [3.05, 3.63) is 30.3 Å². The topological polar surface area (TPSA) is 29.3 Å². The van der Waals surface area contributed by atoms with E-state index in [4.69, 9.17) is 5.73 Å². The second-order valence-corrected chi connectivity index (χ2v) is 3.73. The summed E-state index contributed by atoms with van der Waals surface area (Å²) in [7, 11) is 2.12. The van der Waals surface area contributed by atoms with Crippen LogP contribution < -0.4 is 10.6 Å². The van der Waals surface area contributed by atoms with Gasteiger partial charge in [-0.25, -0.2) is 0 Å². The van der Waals surface area contributed by atoms with Crippen LogP contribution in [0.25, 0.3) is 0 Å². The fourth-order valence-electron chi connectivity index (χ4n) is 1.55. The highest BCUT2D eigenvalue weighted by atomic mass is 15.1. The zero-order valence-electron chi connectivity index (χ0n) is 9.11. The predicted molar refractivity (Wildman–Crippen MR) is 62.5 cm³/mol. The lowest BCUT2D eigenvalue weighted by molar-refractivity contribution is 0.521. The van der Waals surface area contributed by atoms with Crippen molar-refractivity contribution < 1.29 is 0 Å². The van der Waals surface area contributed by atoms with E-state index >= 15 is 0 Å². The molecule has 0 heterocycles. The maximum atomic E-state index is 5.68. The third kappa shape index (κ3) is 3.04. The Morgan fingerprint density at radius 2 is 1.93 bits per heavy atom. The lowest BCUT2D eigenvalue weighted by atomic mass is 10.1. The molecule has 2 nitrogen and oxygen atoms in total. The Labute approximate surface area is 86.7 Å². The minimum Gasteiger partial charge on any atom is -0.374 e. The van der Waals surface area contributed by atoms with Crippen LogP contribution in [0.15, 0.2) is 30.3 Å². The summed E-state index contributed by atoms with van der Waals surface area (Å²) in [5.74, 6) is 0.597. The summed E-state index contributed by atoms with van der Waals surface area (Å²) in [5.41, 5.74) is 6.95. The number of rotatable bonds is 5. The summed E-state index contributed by atoms with van der Waals surface area (Å²) in [6.07, 6.45) is 1.15. The van der Waals surface area contributed by atoms with Gasteiger partial charge in [0, 0.05) is 19.3 Å². The van der Waals surface area contributed by atoms with Gasteiger partial charge >= 0.3 is 0 Å². The molecule has 0 aromatic heterocycles. The van der Waals surface area contributed by atoms with E-state index in [2.05, 4.69) is 43.1 Å². The van der Waals surface area contributed by atoms with Gasteiger partial charge in [-0.2, -0.15) is 0 Å². The van der Waals surface area contributed by atoms with Gasteiger partial charge in [0.1, 0.15) is 0 Å². The van der Waals surface area contributed by atoms with Crippen LogP contribution in [0.1, 0.15) is 13.3 Å². The number of hydrogen-bond donors (Lipinski definition) is 1. The lowest BCUT2D eigenvalue weighted by Gasteiger charge is -2.24. The molecule has 0 aliphatic rings. The van der Waals surface area contributed by atoms with E-state index in [-0.39, 0.29) is 0 Å². The maximum Gasteiger partial charge on any atom is 0.0363 e. The van der Waals surface area contributed by atoms with Crippen molar-refractivity contribution in [3.63, 3.8) is 0 Å². The first-order chi connectivity index (χ1) is 6.77. The van der Waals surface area contributed by atoms with Crippen LogP contribution in [0.5, 0.6) is 0 Å². The number of benzene rings is 1. The van der Waals surface area contributed by atoms with E-state index in [1.54, 1.807) is 0 Å². The summed E-state index contributed by atoms with van der Waals surface area (Å²) < 4.78 is 0. The Kier molecular flexibility index (Phi) is 4.47. The van der Waals surface area contributed by atoms with Crippen molar-refractivity contribution in [2.75, 3.05) is 25.0 Å². The highest BCUT2D eigenvalue weighted by Crippen LogP contribution is 2.13. The molecule has 1 rings (SSSR count). The van der Waals surface area contributed by atoms with Crippen molar-refractivity contribution in [1.29, 1.82) is 0 Å². The Balaban J connectivity index is 2.54. The molecule has 2 N–H and O–H groups in total. The fraction of sp³-hybridized carbons (Fsp3) is 0.500. The smallest absolute Gasteiger partial charge is 0.0363 e. The van der Waals surface area contributed by atoms with Gasteiger partial charge in [0.25, 0.3) is 0 Å². The molecule has 0 aliphatic carbocycles. The van der Waals surface area contributed by atoms with Crippen molar-refractivity contribution in [3.8, 4) is 0 Å². The predicted octanol–water partition coefficient (Wildman–Crippen LogP) is 2.11. The summed E-state index contributed by atoms with van der Waals surface area (Å²) in [4.78, 5) is 2.26. The van der Waals surface area contributed by atoms with Crippen LogP contribution in [0, 0.1) is 5.92 Å². The van der Waals surface area contributed by atoms with Crippen LogP contribution in [-0.2, 0) is 0 Å². The van der Waals surface area contributed by atoms with Crippen LogP contribution in [0.2, 0.25) is 0 Å². The molecule has 0 fully saturated rings. The average Bonchev–Trinajstić information content (AvgIpc) is 2.26. The van der Waals surface area contributed by atoms with Crippen LogP contribution >= 0.6 is 0 Å². The molecule has 1 atom stereocenters. The number of anilines is 1. The van der Waals surface area contributed by atoms with Crippen LogP contribution in [0.4, 0.5) is 5.69 Å². The third-order valence-corrected chi connectivity index (χ3v) is 2.64. The van der Waals surface area contributed by atoms with Crippen molar-refractivity contribution in [1.82, 2.24) is 0 Å². The molecular formula is C12H20N2. The Hall–Kier alpha value is -1.02. The monoisotopic (exact) mass is 192 g/mol. The maximum absolute atomic E-state index is 5.68. The quantitative estimate of drug-likeness (QED) is 0.774. The summed E-state index contributed by atoms with van der Waals surface area (Å²) >= 11 is 0. The molecular weight excluding hydrogens is 172 g/mol. The molecule has 78 valence electrons. The van der Waals surface area contributed by atoms with Gasteiger partial charge in [-0.1, -0.05) is 31.5 Å². The average molecular weight is 192 g/mol. The van der Waals surface area contributed by atoms with Crippen molar-refractivity contribution in [2.24, 2.45) is 11.7 Å². The molecule has 1 aromatic rings. The second kappa shape index (κ2) is 5.66. The van der Waals surface area contributed by atoms with Gasteiger partial charge in [0.2, 0.25) is 0 Å². The first-order valence-electron chi connectivity index (χ1n) is 5.24. The first kappa shape index (κ1) is 11.1. The Bertz CT molecular complexity index is 242. The Morgan fingerprint density at radius 3 is 2.43 bits per heavy atom. The van der Waals surface area contributed by atoms with Crippen LogP contribution in [-0.4, -0.2) is 20.1 Å². The molecule has 0 radical (unpaired) electrons. The minimum absolute atomic E-state index is 0.597. The zero-order chi connectivity index (χ0) is 10.4. The minimum atomic E-state index is 0.597. The van der Waals surface area contributed by atoms with E-state index in [1.165, 1.54) is 5.69 Å². The highest BCUT2D eigenvalue weighted by molar-refractivity contribution is 5.44. The molecule has 0 bridgehead atoms. The molecule has 0 amide bonds. The van der Waals surface area contributed by atoms with Gasteiger partial charge in [-0.3, -0.25) is 0 Å². The SMILES string of the molecule is CCC(CN)CN(C)c1ccccc1. The molecule has 1 unspecified atom stereocenters. The van der Waals surface area contributed by atoms with Gasteiger partial charge in [0.15, 0.2) is 0 Å². The largest absolute Gasteiger partial charge is 0.374 e. The second-order valence-electron chi connectivity index (χ2n) is 3.73. The van der Waals surface area contributed by atoms with Crippen LogP contribution in [0.3, 0.4) is 0 Å². The first-order valence-corrected chi connectivity index (χ1v) is 5.24. The van der Waals surface area contributed by atoms with Gasteiger partial charge < -0.3 is 10.6 Å².